The number of rotatable bonds is 11. The molecule has 0 fully saturated rings. The predicted octanol–water partition coefficient (Wildman–Crippen LogP) is 5.44. The van der Waals surface area contributed by atoms with Crippen molar-refractivity contribution < 1.29 is 23.7 Å². The van der Waals surface area contributed by atoms with Crippen LogP contribution in [0.1, 0.15) is 24.5 Å². The Labute approximate surface area is 217 Å². The predicted molar refractivity (Wildman–Crippen MR) is 142 cm³/mol. The topological polar surface area (TPSA) is 81.0 Å². The Morgan fingerprint density at radius 2 is 1.73 bits per heavy atom. The molecule has 7 heteroatoms. The van der Waals surface area contributed by atoms with Gasteiger partial charge in [0.25, 0.3) is 5.91 Å². The van der Waals surface area contributed by atoms with Crippen molar-refractivity contribution in [3.8, 4) is 29.1 Å². The number of benzene rings is 3. The third-order valence-electron chi connectivity index (χ3n) is 5.94. The molecule has 190 valence electrons. The fourth-order valence-corrected chi connectivity index (χ4v) is 4.11. The number of nitrogens with zero attached hydrogens (tertiary/aromatic N) is 2. The second-order valence-corrected chi connectivity index (χ2v) is 8.37. The molecule has 1 aliphatic rings. The summed E-state index contributed by atoms with van der Waals surface area (Å²) in [5.74, 6) is 2.41. The summed E-state index contributed by atoms with van der Waals surface area (Å²) in [6, 6.07) is 22.7. The van der Waals surface area contributed by atoms with Crippen molar-refractivity contribution in [2.24, 2.45) is 0 Å². The molecule has 0 aromatic heterocycles. The van der Waals surface area contributed by atoms with Gasteiger partial charge in [0.2, 0.25) is 0 Å². The first-order valence-electron chi connectivity index (χ1n) is 12.3. The minimum atomic E-state index is -0.303. The number of methoxy groups -OCH3 is 1. The van der Waals surface area contributed by atoms with Gasteiger partial charge in [-0.3, -0.25) is 4.79 Å². The van der Waals surface area contributed by atoms with Crippen LogP contribution in [0.15, 0.2) is 72.3 Å². The number of carbonyl (C=O) groups excluding carboxylic acids is 1. The Bertz CT molecular complexity index is 1290. The van der Waals surface area contributed by atoms with E-state index >= 15 is 0 Å². The highest BCUT2D eigenvalue weighted by molar-refractivity contribution is 6.12. The Morgan fingerprint density at radius 1 is 0.973 bits per heavy atom. The molecule has 1 amide bonds. The highest BCUT2D eigenvalue weighted by Gasteiger charge is 2.26. The molecule has 0 N–H and O–H groups in total. The molecule has 0 radical (unpaired) electrons. The summed E-state index contributed by atoms with van der Waals surface area (Å²) < 4.78 is 22.6. The average molecular weight is 499 g/mol. The van der Waals surface area contributed by atoms with Gasteiger partial charge in [0.1, 0.15) is 23.1 Å². The van der Waals surface area contributed by atoms with E-state index in [-0.39, 0.29) is 11.5 Å². The Hall–Kier alpha value is -4.44. The van der Waals surface area contributed by atoms with Gasteiger partial charge in [-0.1, -0.05) is 24.3 Å². The van der Waals surface area contributed by atoms with Crippen molar-refractivity contribution in [1.29, 1.82) is 5.26 Å². The molecule has 3 aromatic rings. The number of amides is 1. The standard InChI is InChI=1S/C30H30N2O5/c1-3-35-29-20-22(19-24(21-31)30(33)32-16-15-23-7-4-5-8-27(23)32)9-14-28(29)37-18-6-17-36-26-12-10-25(34-2)11-13-26/h4-5,7-14,19-20H,3,6,15-18H2,1-2H3/b24-19+. The summed E-state index contributed by atoms with van der Waals surface area (Å²) in [6.07, 6.45) is 3.06. The van der Waals surface area contributed by atoms with Crippen molar-refractivity contribution in [3.05, 3.63) is 83.4 Å². The second kappa shape index (κ2) is 12.5. The second-order valence-electron chi connectivity index (χ2n) is 8.37. The number of para-hydroxylation sites is 1. The smallest absolute Gasteiger partial charge is 0.268 e. The molecule has 7 nitrogen and oxygen atoms in total. The lowest BCUT2D eigenvalue weighted by Crippen LogP contribution is -2.29. The van der Waals surface area contributed by atoms with E-state index in [1.807, 2.05) is 61.5 Å². The molecule has 0 bridgehead atoms. The summed E-state index contributed by atoms with van der Waals surface area (Å²) in [6.45, 7) is 3.87. The minimum absolute atomic E-state index is 0.0727. The first-order chi connectivity index (χ1) is 18.1. The maximum absolute atomic E-state index is 13.1. The molecule has 0 saturated heterocycles. The number of anilines is 1. The van der Waals surface area contributed by atoms with Crippen LogP contribution in [0.3, 0.4) is 0 Å². The monoisotopic (exact) mass is 498 g/mol. The fraction of sp³-hybridized carbons (Fsp3) is 0.267. The first kappa shape index (κ1) is 25.6. The van der Waals surface area contributed by atoms with Crippen LogP contribution in [0.25, 0.3) is 6.08 Å². The van der Waals surface area contributed by atoms with Crippen molar-refractivity contribution >= 4 is 17.7 Å². The number of hydrogen-bond acceptors (Lipinski definition) is 6. The maximum atomic E-state index is 13.1. The van der Waals surface area contributed by atoms with Gasteiger partial charge >= 0.3 is 0 Å². The van der Waals surface area contributed by atoms with Crippen LogP contribution in [0.2, 0.25) is 0 Å². The van der Waals surface area contributed by atoms with Crippen LogP contribution in [-0.4, -0.2) is 39.4 Å². The lowest BCUT2D eigenvalue weighted by Gasteiger charge is -2.17. The summed E-state index contributed by atoms with van der Waals surface area (Å²) in [4.78, 5) is 14.8. The van der Waals surface area contributed by atoms with Gasteiger partial charge in [-0.2, -0.15) is 5.26 Å². The van der Waals surface area contributed by atoms with Gasteiger partial charge in [-0.15, -0.1) is 0 Å². The van der Waals surface area contributed by atoms with Crippen molar-refractivity contribution in [2.75, 3.05) is 38.4 Å². The lowest BCUT2D eigenvalue weighted by atomic mass is 10.1. The summed E-state index contributed by atoms with van der Waals surface area (Å²) in [7, 11) is 1.63. The summed E-state index contributed by atoms with van der Waals surface area (Å²) in [5, 5.41) is 9.73. The van der Waals surface area contributed by atoms with E-state index < -0.39 is 0 Å². The van der Waals surface area contributed by atoms with E-state index in [1.54, 1.807) is 30.2 Å². The van der Waals surface area contributed by atoms with Gasteiger partial charge < -0.3 is 23.8 Å². The van der Waals surface area contributed by atoms with Crippen molar-refractivity contribution in [2.45, 2.75) is 19.8 Å². The van der Waals surface area contributed by atoms with Gasteiger partial charge in [-0.25, -0.2) is 0 Å². The Balaban J connectivity index is 1.38. The molecule has 0 aliphatic carbocycles. The average Bonchev–Trinajstić information content (AvgIpc) is 3.37. The van der Waals surface area contributed by atoms with Gasteiger partial charge in [0.05, 0.1) is 26.9 Å². The van der Waals surface area contributed by atoms with Crippen molar-refractivity contribution in [1.82, 2.24) is 0 Å². The molecule has 0 saturated carbocycles. The molecule has 37 heavy (non-hydrogen) atoms. The molecule has 3 aromatic carbocycles. The highest BCUT2D eigenvalue weighted by atomic mass is 16.5. The van der Waals surface area contributed by atoms with Crippen LogP contribution in [0, 0.1) is 11.3 Å². The molecule has 4 rings (SSSR count). The molecule has 0 atom stereocenters. The normalized spacial score (nSPS) is 12.5. The van der Waals surface area contributed by atoms with Crippen LogP contribution in [0.5, 0.6) is 23.0 Å². The summed E-state index contributed by atoms with van der Waals surface area (Å²) >= 11 is 0. The SMILES string of the molecule is CCOc1cc(/C=C(\C#N)C(=O)N2CCc3ccccc32)ccc1OCCCOc1ccc(OC)cc1. The zero-order valence-electron chi connectivity index (χ0n) is 21.1. The zero-order chi connectivity index (χ0) is 26.0. The third kappa shape index (κ3) is 6.42. The number of ether oxygens (including phenoxy) is 4. The first-order valence-corrected chi connectivity index (χ1v) is 12.3. The number of nitriles is 1. The van der Waals surface area contributed by atoms with Gasteiger partial charge in [0, 0.05) is 18.7 Å². The minimum Gasteiger partial charge on any atom is -0.497 e. The van der Waals surface area contributed by atoms with Crippen LogP contribution >= 0.6 is 0 Å². The fourth-order valence-electron chi connectivity index (χ4n) is 4.11. The molecular weight excluding hydrogens is 468 g/mol. The van der Waals surface area contributed by atoms with Crippen LogP contribution < -0.4 is 23.8 Å². The largest absolute Gasteiger partial charge is 0.497 e. The molecule has 1 heterocycles. The Morgan fingerprint density at radius 3 is 2.49 bits per heavy atom. The quantitative estimate of drug-likeness (QED) is 0.199. The van der Waals surface area contributed by atoms with Crippen molar-refractivity contribution in [3.63, 3.8) is 0 Å². The van der Waals surface area contributed by atoms with Gasteiger partial charge in [0.15, 0.2) is 11.5 Å². The number of carbonyl (C=O) groups is 1. The number of fused-ring (bicyclic) bond motifs is 1. The molecule has 0 spiro atoms. The van der Waals surface area contributed by atoms with Crippen LogP contribution in [0.4, 0.5) is 5.69 Å². The third-order valence-corrected chi connectivity index (χ3v) is 5.94. The molecule has 0 unspecified atom stereocenters. The van der Waals surface area contributed by atoms with Gasteiger partial charge in [-0.05, 0) is 73.0 Å². The number of hydrogen-bond donors (Lipinski definition) is 0. The van der Waals surface area contributed by atoms with E-state index in [1.165, 1.54) is 0 Å². The van der Waals surface area contributed by atoms with E-state index in [4.69, 9.17) is 18.9 Å². The van der Waals surface area contributed by atoms with Crippen LogP contribution in [-0.2, 0) is 11.2 Å². The van der Waals surface area contributed by atoms with E-state index in [0.29, 0.717) is 49.8 Å². The van der Waals surface area contributed by atoms with E-state index in [9.17, 15) is 10.1 Å². The Kier molecular flexibility index (Phi) is 8.66. The maximum Gasteiger partial charge on any atom is 0.268 e. The summed E-state index contributed by atoms with van der Waals surface area (Å²) in [5.41, 5.74) is 2.74. The molecule has 1 aliphatic heterocycles. The zero-order valence-corrected chi connectivity index (χ0v) is 21.1. The van der Waals surface area contributed by atoms with E-state index in [2.05, 4.69) is 6.07 Å². The molecular formula is C30H30N2O5. The van der Waals surface area contributed by atoms with E-state index in [0.717, 1.165) is 29.2 Å². The highest BCUT2D eigenvalue weighted by Crippen LogP contribution is 2.31. The lowest BCUT2D eigenvalue weighted by molar-refractivity contribution is -0.114.